The molecular formula is C35H61N3O7. The molecular weight excluding hydrogens is 574 g/mol. The number of likely N-dealkylation sites (tertiary alicyclic amines) is 1. The summed E-state index contributed by atoms with van der Waals surface area (Å²) >= 11 is 0. The summed E-state index contributed by atoms with van der Waals surface area (Å²) in [5, 5.41) is 11.3. The second-order valence-corrected chi connectivity index (χ2v) is 14.7. The first-order valence-electron chi connectivity index (χ1n) is 16.5. The van der Waals surface area contributed by atoms with E-state index in [4.69, 9.17) is 30.4 Å². The zero-order valence-electron chi connectivity index (χ0n) is 29.4. The fourth-order valence-electron chi connectivity index (χ4n) is 6.94. The van der Waals surface area contributed by atoms with Gasteiger partial charge in [0.15, 0.2) is 11.5 Å². The fraction of sp³-hybridized carbons (Fsp3) is 0.771. The van der Waals surface area contributed by atoms with E-state index in [9.17, 15) is 14.7 Å². The molecule has 0 saturated carbocycles. The van der Waals surface area contributed by atoms with Crippen molar-refractivity contribution in [3.63, 3.8) is 0 Å². The molecule has 0 radical (unpaired) electrons. The lowest BCUT2D eigenvalue weighted by Gasteiger charge is -2.54. The summed E-state index contributed by atoms with van der Waals surface area (Å²) in [6.07, 6.45) is 2.10. The average molecular weight is 636 g/mol. The lowest BCUT2D eigenvalue weighted by Crippen LogP contribution is -2.65. The van der Waals surface area contributed by atoms with Gasteiger partial charge in [0.05, 0.1) is 25.7 Å². The molecule has 10 heteroatoms. The molecule has 1 saturated heterocycles. The monoisotopic (exact) mass is 635 g/mol. The van der Waals surface area contributed by atoms with Crippen molar-refractivity contribution in [1.82, 2.24) is 4.90 Å². The van der Waals surface area contributed by atoms with Gasteiger partial charge in [0.2, 0.25) is 0 Å². The Morgan fingerprint density at radius 3 is 2.11 bits per heavy atom. The predicted molar refractivity (Wildman–Crippen MR) is 177 cm³/mol. The summed E-state index contributed by atoms with van der Waals surface area (Å²) in [7, 11) is 3.30. The minimum absolute atomic E-state index is 0.0476. The number of hydrogen-bond acceptors (Lipinski definition) is 8. The molecule has 1 aromatic carbocycles. The standard InChI is InChI=1S/C35H61N3O7/c1-22(2)25(16-24-12-13-30(43-10)31(17-24)44-15-11-14-42-9)18-28(36)29(39)19-27(23(3)4)32(40)45-26-20-34(5,6)38(33(37)41)35(7,8)21-26/h12-13,17,22-23,25-29,39H,11,14-16,18-21,36H2,1-10H3,(H2,37,41). The van der Waals surface area contributed by atoms with Gasteiger partial charge < -0.3 is 40.4 Å². The molecule has 1 fully saturated rings. The molecule has 0 aliphatic carbocycles. The van der Waals surface area contributed by atoms with E-state index in [1.165, 1.54) is 0 Å². The van der Waals surface area contributed by atoms with Crippen LogP contribution in [-0.2, 0) is 20.7 Å². The molecule has 45 heavy (non-hydrogen) atoms. The van der Waals surface area contributed by atoms with Crippen molar-refractivity contribution in [2.45, 2.75) is 123 Å². The first-order valence-corrected chi connectivity index (χ1v) is 16.5. The lowest BCUT2D eigenvalue weighted by molar-refractivity contribution is -0.165. The SMILES string of the molecule is COCCCOc1cc(CC(CC(N)C(O)CC(C(=O)OC2CC(C)(C)N(C(N)=O)C(C)(C)C2)C(C)C)C(C)C)ccc1OC. The van der Waals surface area contributed by atoms with E-state index in [0.29, 0.717) is 49.9 Å². The van der Waals surface area contributed by atoms with Crippen molar-refractivity contribution >= 4 is 12.0 Å². The number of ether oxygens (including phenoxy) is 4. The van der Waals surface area contributed by atoms with Crippen molar-refractivity contribution < 1.29 is 33.6 Å². The maximum absolute atomic E-state index is 13.5. The Labute approximate surface area is 271 Å². The third-order valence-corrected chi connectivity index (χ3v) is 9.26. The van der Waals surface area contributed by atoms with E-state index >= 15 is 0 Å². The highest BCUT2D eigenvalue weighted by atomic mass is 16.5. The van der Waals surface area contributed by atoms with Crippen LogP contribution in [0.3, 0.4) is 0 Å². The van der Waals surface area contributed by atoms with Crippen LogP contribution in [0.1, 0.15) is 93.1 Å². The van der Waals surface area contributed by atoms with E-state index in [1.54, 1.807) is 19.1 Å². The highest BCUT2D eigenvalue weighted by molar-refractivity contribution is 5.75. The van der Waals surface area contributed by atoms with Crippen molar-refractivity contribution in [2.75, 3.05) is 27.4 Å². The zero-order chi connectivity index (χ0) is 34.1. The first-order chi connectivity index (χ1) is 20.9. The average Bonchev–Trinajstić information content (AvgIpc) is 2.91. The maximum Gasteiger partial charge on any atom is 0.315 e. The van der Waals surface area contributed by atoms with Gasteiger partial charge in [0.1, 0.15) is 6.10 Å². The molecule has 0 aromatic heterocycles. The molecule has 4 atom stereocenters. The largest absolute Gasteiger partial charge is 0.493 e. The molecule has 1 aliphatic heterocycles. The summed E-state index contributed by atoms with van der Waals surface area (Å²) in [5.74, 6) is 1.01. The Morgan fingerprint density at radius 1 is 0.978 bits per heavy atom. The van der Waals surface area contributed by atoms with Crippen LogP contribution in [0, 0.1) is 23.7 Å². The Hall–Kier alpha value is -2.56. The number of primary amides is 1. The van der Waals surface area contributed by atoms with Crippen LogP contribution in [0.25, 0.3) is 0 Å². The number of urea groups is 1. The highest BCUT2D eigenvalue weighted by Gasteiger charge is 2.49. The van der Waals surface area contributed by atoms with E-state index in [2.05, 4.69) is 13.8 Å². The van der Waals surface area contributed by atoms with Gasteiger partial charge in [-0.1, -0.05) is 33.8 Å². The number of carbonyl (C=O) groups excluding carboxylic acids is 2. The molecule has 4 unspecified atom stereocenters. The lowest BCUT2D eigenvalue weighted by atomic mass is 9.78. The van der Waals surface area contributed by atoms with Gasteiger partial charge in [0.25, 0.3) is 0 Å². The topological polar surface area (TPSA) is 147 Å². The summed E-state index contributed by atoms with van der Waals surface area (Å²) in [5.41, 5.74) is 12.3. The number of hydrogen-bond donors (Lipinski definition) is 3. The second kappa shape index (κ2) is 16.8. The number of aliphatic hydroxyl groups is 1. The summed E-state index contributed by atoms with van der Waals surface area (Å²) in [6.45, 7) is 17.2. The van der Waals surface area contributed by atoms with Crippen LogP contribution in [-0.4, -0.2) is 78.8 Å². The van der Waals surface area contributed by atoms with E-state index in [-0.39, 0.29) is 30.3 Å². The number of aliphatic hydroxyl groups excluding tert-OH is 1. The molecule has 5 N–H and O–H groups in total. The number of benzene rings is 1. The summed E-state index contributed by atoms with van der Waals surface area (Å²) in [6, 6.07) is 4.99. The van der Waals surface area contributed by atoms with Crippen LogP contribution < -0.4 is 20.9 Å². The number of nitrogens with zero attached hydrogens (tertiary/aromatic N) is 1. The Kier molecular flexibility index (Phi) is 14.5. The molecule has 1 heterocycles. The molecule has 1 aromatic rings. The minimum Gasteiger partial charge on any atom is -0.493 e. The third kappa shape index (κ3) is 11.0. The second-order valence-electron chi connectivity index (χ2n) is 14.7. The normalized spacial score (nSPS) is 19.2. The van der Waals surface area contributed by atoms with Crippen LogP contribution >= 0.6 is 0 Å². The Bertz CT molecular complexity index is 1070. The molecule has 0 spiro atoms. The van der Waals surface area contributed by atoms with Gasteiger partial charge in [-0.05, 0) is 82.4 Å². The Morgan fingerprint density at radius 2 is 1.60 bits per heavy atom. The van der Waals surface area contributed by atoms with Gasteiger partial charge >= 0.3 is 12.0 Å². The van der Waals surface area contributed by atoms with Gasteiger partial charge in [-0.25, -0.2) is 4.79 Å². The molecule has 10 nitrogen and oxygen atoms in total. The molecule has 2 rings (SSSR count). The van der Waals surface area contributed by atoms with Crippen molar-refractivity contribution in [2.24, 2.45) is 35.1 Å². The fourth-order valence-corrected chi connectivity index (χ4v) is 6.94. The van der Waals surface area contributed by atoms with E-state index in [0.717, 1.165) is 18.4 Å². The van der Waals surface area contributed by atoms with Crippen molar-refractivity contribution in [3.8, 4) is 11.5 Å². The van der Waals surface area contributed by atoms with Crippen molar-refractivity contribution in [1.29, 1.82) is 0 Å². The number of methoxy groups -OCH3 is 2. The van der Waals surface area contributed by atoms with Crippen LogP contribution in [0.15, 0.2) is 18.2 Å². The predicted octanol–water partition coefficient (Wildman–Crippen LogP) is 5.31. The van der Waals surface area contributed by atoms with Gasteiger partial charge in [-0.3, -0.25) is 4.79 Å². The third-order valence-electron chi connectivity index (χ3n) is 9.26. The smallest absolute Gasteiger partial charge is 0.315 e. The number of esters is 1. The maximum atomic E-state index is 13.5. The molecule has 0 bridgehead atoms. The first kappa shape index (κ1) is 38.6. The summed E-state index contributed by atoms with van der Waals surface area (Å²) in [4.78, 5) is 27.4. The summed E-state index contributed by atoms with van der Waals surface area (Å²) < 4.78 is 22.7. The molecule has 2 amide bonds. The van der Waals surface area contributed by atoms with Gasteiger partial charge in [-0.2, -0.15) is 0 Å². The molecule has 1 aliphatic rings. The number of rotatable bonds is 17. The number of nitrogens with two attached hydrogens (primary N) is 2. The van der Waals surface area contributed by atoms with E-state index < -0.39 is 35.2 Å². The minimum atomic E-state index is -0.869. The number of carbonyl (C=O) groups is 2. The van der Waals surface area contributed by atoms with Gasteiger partial charge in [0, 0.05) is 50.1 Å². The van der Waals surface area contributed by atoms with Gasteiger partial charge in [-0.15, -0.1) is 0 Å². The quantitative estimate of drug-likeness (QED) is 0.154. The van der Waals surface area contributed by atoms with Crippen LogP contribution in [0.2, 0.25) is 0 Å². The molecule has 258 valence electrons. The number of amides is 2. The highest BCUT2D eigenvalue weighted by Crippen LogP contribution is 2.40. The van der Waals surface area contributed by atoms with Crippen LogP contribution in [0.4, 0.5) is 4.79 Å². The Balaban J connectivity index is 2.07. The zero-order valence-corrected chi connectivity index (χ0v) is 29.4. The van der Waals surface area contributed by atoms with Crippen molar-refractivity contribution in [3.05, 3.63) is 23.8 Å². The van der Waals surface area contributed by atoms with Crippen LogP contribution in [0.5, 0.6) is 11.5 Å². The number of piperidine rings is 1. The van der Waals surface area contributed by atoms with E-state index in [1.807, 2.05) is 59.7 Å².